The van der Waals surface area contributed by atoms with Crippen LogP contribution in [0, 0.1) is 6.92 Å². The van der Waals surface area contributed by atoms with Crippen molar-refractivity contribution in [2.24, 2.45) is 5.10 Å². The quantitative estimate of drug-likeness (QED) is 0.459. The third-order valence-electron chi connectivity index (χ3n) is 5.66. The predicted molar refractivity (Wildman–Crippen MR) is 129 cm³/mol. The van der Waals surface area contributed by atoms with Crippen molar-refractivity contribution in [3.8, 4) is 17.1 Å². The van der Waals surface area contributed by atoms with Crippen LogP contribution in [-0.2, 0) is 0 Å². The third kappa shape index (κ3) is 4.21. The summed E-state index contributed by atoms with van der Waals surface area (Å²) in [7, 11) is 0. The van der Waals surface area contributed by atoms with Gasteiger partial charge in [0.1, 0.15) is 5.75 Å². The van der Waals surface area contributed by atoms with E-state index in [1.165, 1.54) is 5.01 Å². The normalized spacial score (nSPS) is 15.1. The molecule has 4 aromatic rings. The van der Waals surface area contributed by atoms with Gasteiger partial charge in [-0.05, 0) is 19.1 Å². The number of aromatic hydroxyl groups is 1. The fraction of sp³-hybridized carbons (Fsp3) is 0.115. The fourth-order valence-corrected chi connectivity index (χ4v) is 3.91. The summed E-state index contributed by atoms with van der Waals surface area (Å²) in [6, 6.07) is 19.4. The molecule has 2 aromatic heterocycles. The molecule has 0 aliphatic carbocycles. The number of hydrogen-bond acceptors (Lipinski definition) is 6. The van der Waals surface area contributed by atoms with E-state index in [0.717, 1.165) is 11.1 Å². The zero-order valence-electron chi connectivity index (χ0n) is 18.5. The SMILES string of the molecule is Cc1nc(-c2ccccc2)ncc1NC(=O)N1N=C(c2cccnc2)CC1c1ccccc1O. The van der Waals surface area contributed by atoms with Crippen LogP contribution >= 0.6 is 0 Å². The molecule has 2 N–H and O–H groups in total. The standard InChI is InChI=1S/C26H22N6O2/c1-17-22(16-28-25(29-17)18-8-3-2-4-9-18)30-26(34)32-23(20-11-5-6-12-24(20)33)14-21(31-32)19-10-7-13-27-15-19/h2-13,15-16,23,33H,14H2,1H3,(H,30,34). The highest BCUT2D eigenvalue weighted by atomic mass is 16.3. The summed E-state index contributed by atoms with van der Waals surface area (Å²) in [5, 5.41) is 19.3. The number of rotatable bonds is 4. The maximum Gasteiger partial charge on any atom is 0.342 e. The summed E-state index contributed by atoms with van der Waals surface area (Å²) in [6.45, 7) is 1.82. The summed E-state index contributed by atoms with van der Waals surface area (Å²) in [5.74, 6) is 0.695. The number of aromatic nitrogens is 3. The van der Waals surface area contributed by atoms with Crippen LogP contribution in [0.3, 0.4) is 0 Å². The predicted octanol–water partition coefficient (Wildman–Crippen LogP) is 4.94. The number of phenols is 1. The Morgan fingerprint density at radius 3 is 2.50 bits per heavy atom. The van der Waals surface area contributed by atoms with Crippen molar-refractivity contribution in [3.05, 3.63) is 102 Å². The first-order valence-corrected chi connectivity index (χ1v) is 10.8. The number of nitrogens with zero attached hydrogens (tertiary/aromatic N) is 5. The lowest BCUT2D eigenvalue weighted by molar-refractivity contribution is 0.199. The van der Waals surface area contributed by atoms with E-state index in [1.54, 1.807) is 36.8 Å². The molecule has 1 aliphatic rings. The molecule has 3 heterocycles. The molecule has 1 atom stereocenters. The van der Waals surface area contributed by atoms with Gasteiger partial charge in [-0.1, -0.05) is 54.6 Å². The number of carbonyl (C=O) groups excluding carboxylic acids is 1. The van der Waals surface area contributed by atoms with Crippen molar-refractivity contribution in [1.82, 2.24) is 20.0 Å². The molecule has 0 bridgehead atoms. The van der Waals surface area contributed by atoms with E-state index in [1.807, 2.05) is 55.5 Å². The van der Waals surface area contributed by atoms with Crippen LogP contribution in [0.25, 0.3) is 11.4 Å². The topological polar surface area (TPSA) is 104 Å². The van der Waals surface area contributed by atoms with Crippen molar-refractivity contribution in [3.63, 3.8) is 0 Å². The van der Waals surface area contributed by atoms with Crippen LogP contribution in [0.4, 0.5) is 10.5 Å². The van der Waals surface area contributed by atoms with Gasteiger partial charge in [-0.15, -0.1) is 0 Å². The van der Waals surface area contributed by atoms with E-state index in [9.17, 15) is 9.90 Å². The van der Waals surface area contributed by atoms with Crippen LogP contribution in [0.1, 0.15) is 29.3 Å². The fourth-order valence-electron chi connectivity index (χ4n) is 3.91. The number of hydrogen-bond donors (Lipinski definition) is 2. The van der Waals surface area contributed by atoms with E-state index < -0.39 is 12.1 Å². The van der Waals surface area contributed by atoms with Crippen LogP contribution in [0.2, 0.25) is 0 Å². The highest BCUT2D eigenvalue weighted by Crippen LogP contribution is 2.37. The molecule has 1 unspecified atom stereocenters. The number of phenolic OH excluding ortho intramolecular Hbond substituents is 1. The molecule has 0 saturated carbocycles. The van der Waals surface area contributed by atoms with Crippen molar-refractivity contribution in [2.45, 2.75) is 19.4 Å². The largest absolute Gasteiger partial charge is 0.508 e. The van der Waals surface area contributed by atoms with Gasteiger partial charge in [0.25, 0.3) is 0 Å². The van der Waals surface area contributed by atoms with Gasteiger partial charge in [0.05, 0.1) is 29.3 Å². The number of benzene rings is 2. The maximum atomic E-state index is 13.3. The zero-order valence-corrected chi connectivity index (χ0v) is 18.5. The Balaban J connectivity index is 1.44. The number of amides is 2. The maximum absolute atomic E-state index is 13.3. The van der Waals surface area contributed by atoms with E-state index in [2.05, 4.69) is 25.4 Å². The summed E-state index contributed by atoms with van der Waals surface area (Å²) in [4.78, 5) is 26.5. The number of pyridine rings is 1. The van der Waals surface area contributed by atoms with E-state index in [0.29, 0.717) is 34.9 Å². The average Bonchev–Trinajstić information content (AvgIpc) is 3.32. The summed E-state index contributed by atoms with van der Waals surface area (Å²) >= 11 is 0. The van der Waals surface area contributed by atoms with Gasteiger partial charge in [-0.2, -0.15) is 5.10 Å². The molecule has 8 nitrogen and oxygen atoms in total. The van der Waals surface area contributed by atoms with E-state index >= 15 is 0 Å². The summed E-state index contributed by atoms with van der Waals surface area (Å²) in [6.07, 6.45) is 5.44. The Morgan fingerprint density at radius 2 is 1.76 bits per heavy atom. The second-order valence-electron chi connectivity index (χ2n) is 7.90. The number of para-hydroxylation sites is 1. The second kappa shape index (κ2) is 9.11. The number of carbonyl (C=O) groups is 1. The molecule has 2 aromatic carbocycles. The van der Waals surface area contributed by atoms with Gasteiger partial charge >= 0.3 is 6.03 Å². The molecule has 5 rings (SSSR count). The molecule has 168 valence electrons. The molecule has 2 amide bonds. The summed E-state index contributed by atoms with van der Waals surface area (Å²) in [5.41, 5.74) is 4.18. The third-order valence-corrected chi connectivity index (χ3v) is 5.66. The monoisotopic (exact) mass is 450 g/mol. The van der Waals surface area contributed by atoms with Crippen LogP contribution < -0.4 is 5.32 Å². The van der Waals surface area contributed by atoms with Gasteiger partial charge in [0.2, 0.25) is 0 Å². The lowest BCUT2D eigenvalue weighted by Gasteiger charge is -2.23. The van der Waals surface area contributed by atoms with Crippen LogP contribution in [-0.4, -0.2) is 36.8 Å². The first-order valence-electron chi connectivity index (χ1n) is 10.8. The van der Waals surface area contributed by atoms with Gasteiger partial charge in [0.15, 0.2) is 5.82 Å². The molecule has 1 aliphatic heterocycles. The second-order valence-corrected chi connectivity index (χ2v) is 7.90. The van der Waals surface area contributed by atoms with Crippen LogP contribution in [0.15, 0.2) is 90.4 Å². The molecule has 0 saturated heterocycles. The van der Waals surface area contributed by atoms with Gasteiger partial charge in [-0.3, -0.25) is 4.98 Å². The Hall–Kier alpha value is -4.59. The Kier molecular flexibility index (Phi) is 5.70. The van der Waals surface area contributed by atoms with Gasteiger partial charge in [-0.25, -0.2) is 19.8 Å². The number of anilines is 1. The van der Waals surface area contributed by atoms with Gasteiger partial charge < -0.3 is 10.4 Å². The number of aryl methyl sites for hydroxylation is 1. The molecule has 0 fully saturated rings. The number of urea groups is 1. The Morgan fingerprint density at radius 1 is 1.00 bits per heavy atom. The van der Waals surface area contributed by atoms with Crippen molar-refractivity contribution in [1.29, 1.82) is 0 Å². The molecule has 0 radical (unpaired) electrons. The highest BCUT2D eigenvalue weighted by Gasteiger charge is 2.35. The Labute approximate surface area is 196 Å². The lowest BCUT2D eigenvalue weighted by atomic mass is 9.98. The Bertz CT molecular complexity index is 1360. The van der Waals surface area contributed by atoms with E-state index in [4.69, 9.17) is 0 Å². The van der Waals surface area contributed by atoms with Crippen LogP contribution in [0.5, 0.6) is 5.75 Å². The van der Waals surface area contributed by atoms with Crippen molar-refractivity contribution >= 4 is 17.4 Å². The minimum absolute atomic E-state index is 0.111. The van der Waals surface area contributed by atoms with Gasteiger partial charge in [0, 0.05) is 35.5 Å². The number of hydrazone groups is 1. The first kappa shape index (κ1) is 21.3. The molecular weight excluding hydrogens is 428 g/mol. The average molecular weight is 451 g/mol. The molecule has 0 spiro atoms. The number of nitrogens with one attached hydrogen (secondary N) is 1. The van der Waals surface area contributed by atoms with E-state index in [-0.39, 0.29) is 5.75 Å². The minimum atomic E-state index is -0.471. The molecule has 34 heavy (non-hydrogen) atoms. The van der Waals surface area contributed by atoms with Crippen molar-refractivity contribution < 1.29 is 9.90 Å². The first-order chi connectivity index (χ1) is 16.6. The summed E-state index contributed by atoms with van der Waals surface area (Å²) < 4.78 is 0. The van der Waals surface area contributed by atoms with Crippen molar-refractivity contribution in [2.75, 3.05) is 5.32 Å². The smallest absolute Gasteiger partial charge is 0.342 e. The minimum Gasteiger partial charge on any atom is -0.508 e. The highest BCUT2D eigenvalue weighted by molar-refractivity contribution is 6.04. The molecule has 8 heteroatoms. The molecular formula is C26H22N6O2. The zero-order chi connectivity index (χ0) is 23.5. The lowest BCUT2D eigenvalue weighted by Crippen LogP contribution is -2.31.